The average molecular weight is 568 g/mol. The molecule has 0 amide bonds. The van der Waals surface area contributed by atoms with E-state index in [-0.39, 0.29) is 29.7 Å². The maximum absolute atomic E-state index is 13.4. The van der Waals surface area contributed by atoms with Crippen LogP contribution in [-0.2, 0) is 23.3 Å². The SMILES string of the molecule is C=CCn1c(=O)c2cnc(Nc3ccc(N4C[C@@H](C)O[C@@H](C)C4)cc3)nc2n1-c1ccc2c(n1)C(O)(CC)C1(CC1)C2. The molecule has 3 aromatic heterocycles. The monoisotopic (exact) mass is 567 g/mol. The van der Waals surface area contributed by atoms with Gasteiger partial charge in [-0.1, -0.05) is 19.1 Å². The molecule has 2 N–H and O–H groups in total. The van der Waals surface area contributed by atoms with Gasteiger partial charge in [0.2, 0.25) is 5.95 Å². The third-order valence-corrected chi connectivity index (χ3v) is 9.23. The molecule has 4 heterocycles. The van der Waals surface area contributed by atoms with Crippen LogP contribution in [0.25, 0.3) is 16.9 Å². The number of nitrogens with zero attached hydrogens (tertiary/aromatic N) is 6. The van der Waals surface area contributed by atoms with E-state index in [1.807, 2.05) is 31.2 Å². The molecule has 218 valence electrons. The minimum absolute atomic E-state index is 0.109. The van der Waals surface area contributed by atoms with Gasteiger partial charge in [0.1, 0.15) is 11.0 Å². The highest BCUT2D eigenvalue weighted by molar-refractivity contribution is 5.77. The average Bonchev–Trinajstić information content (AvgIpc) is 3.66. The lowest BCUT2D eigenvalue weighted by Crippen LogP contribution is -2.45. The highest BCUT2D eigenvalue weighted by Crippen LogP contribution is 2.65. The number of morpholine rings is 1. The number of ether oxygens (including phenoxy) is 1. The quantitative estimate of drug-likeness (QED) is 0.315. The van der Waals surface area contributed by atoms with Crippen LogP contribution in [0.5, 0.6) is 0 Å². The second kappa shape index (κ2) is 9.78. The number of hydrogen-bond acceptors (Lipinski definition) is 8. The van der Waals surface area contributed by atoms with Gasteiger partial charge in [0.15, 0.2) is 11.5 Å². The largest absolute Gasteiger partial charge is 0.383 e. The van der Waals surface area contributed by atoms with E-state index in [1.165, 1.54) is 0 Å². The summed E-state index contributed by atoms with van der Waals surface area (Å²) in [5.74, 6) is 0.909. The standard InChI is InChI=1S/C32H37N7O3/c1-5-15-38-29(40)25-17-33-30(34-23-8-10-24(11-9-23)37-18-20(3)42-21(4)19-37)36-28(25)39(38)26-12-7-22-16-31(13-14-31)32(41,6-2)27(22)35-26/h5,7-12,17,20-21,41H,1,6,13-16,18-19H2,2-4H3,(H,33,34,36)/t20-,21+,32?. The third-order valence-electron chi connectivity index (χ3n) is 9.23. The predicted octanol–water partition coefficient (Wildman–Crippen LogP) is 4.45. The van der Waals surface area contributed by atoms with E-state index < -0.39 is 5.60 Å². The Labute approximate surface area is 244 Å². The molecule has 1 saturated heterocycles. The smallest absolute Gasteiger partial charge is 0.278 e. The van der Waals surface area contributed by atoms with E-state index in [0.29, 0.717) is 29.2 Å². The van der Waals surface area contributed by atoms with Crippen LogP contribution in [0.1, 0.15) is 51.3 Å². The molecule has 1 saturated carbocycles. The van der Waals surface area contributed by atoms with Crippen LogP contribution >= 0.6 is 0 Å². The zero-order valence-corrected chi connectivity index (χ0v) is 24.4. The van der Waals surface area contributed by atoms with Gasteiger partial charge in [-0.3, -0.25) is 4.79 Å². The zero-order chi connectivity index (χ0) is 29.2. The number of anilines is 3. The lowest BCUT2D eigenvalue weighted by molar-refractivity contribution is -0.0324. The van der Waals surface area contributed by atoms with Crippen molar-refractivity contribution in [1.29, 1.82) is 0 Å². The van der Waals surface area contributed by atoms with Crippen LogP contribution in [0.15, 0.2) is 60.0 Å². The van der Waals surface area contributed by atoms with Gasteiger partial charge in [-0.25, -0.2) is 19.3 Å². The molecule has 2 fully saturated rings. The third kappa shape index (κ3) is 4.15. The first kappa shape index (κ1) is 26.9. The zero-order valence-electron chi connectivity index (χ0n) is 24.4. The van der Waals surface area contributed by atoms with E-state index in [0.717, 1.165) is 55.0 Å². The lowest BCUT2D eigenvalue weighted by Gasteiger charge is -2.36. The molecule has 1 aliphatic heterocycles. The van der Waals surface area contributed by atoms with Gasteiger partial charge in [0.05, 0.1) is 24.4 Å². The fourth-order valence-corrected chi connectivity index (χ4v) is 7.02. The maximum atomic E-state index is 13.4. The predicted molar refractivity (Wildman–Crippen MR) is 163 cm³/mol. The molecule has 2 aliphatic carbocycles. The molecule has 1 unspecified atom stereocenters. The number of aliphatic hydroxyl groups is 1. The molecule has 4 aromatic rings. The molecule has 10 nitrogen and oxygen atoms in total. The first-order chi connectivity index (χ1) is 20.2. The van der Waals surface area contributed by atoms with E-state index in [2.05, 4.69) is 47.8 Å². The Hall–Kier alpha value is -4.02. The van der Waals surface area contributed by atoms with Gasteiger partial charge in [-0.05, 0) is 75.4 Å². The Bertz CT molecular complexity index is 1730. The first-order valence-corrected chi connectivity index (χ1v) is 14.9. The highest BCUT2D eigenvalue weighted by atomic mass is 16.5. The second-order valence-corrected chi connectivity index (χ2v) is 12.1. The van der Waals surface area contributed by atoms with Gasteiger partial charge in [0, 0.05) is 36.1 Å². The first-order valence-electron chi connectivity index (χ1n) is 14.9. The van der Waals surface area contributed by atoms with Gasteiger partial charge < -0.3 is 20.1 Å². The summed E-state index contributed by atoms with van der Waals surface area (Å²) in [5.41, 5.74) is 2.92. The maximum Gasteiger partial charge on any atom is 0.278 e. The van der Waals surface area contributed by atoms with Crippen LogP contribution in [0.3, 0.4) is 0 Å². The molecule has 10 heteroatoms. The molecule has 3 aliphatic rings. The van der Waals surface area contributed by atoms with Gasteiger partial charge in [0.25, 0.3) is 5.56 Å². The van der Waals surface area contributed by atoms with Crippen LogP contribution in [-0.4, -0.2) is 54.7 Å². The molecule has 3 atom stereocenters. The second-order valence-electron chi connectivity index (χ2n) is 12.1. The van der Waals surface area contributed by atoms with Crippen molar-refractivity contribution in [3.63, 3.8) is 0 Å². The molecule has 0 bridgehead atoms. The number of rotatable bonds is 7. The van der Waals surface area contributed by atoms with E-state index in [9.17, 15) is 9.90 Å². The summed E-state index contributed by atoms with van der Waals surface area (Å²) in [6, 6.07) is 12.1. The number of aromatic nitrogens is 5. The fraction of sp³-hybridized carbons (Fsp3) is 0.438. The summed E-state index contributed by atoms with van der Waals surface area (Å²) < 4.78 is 9.17. The molecular weight excluding hydrogens is 530 g/mol. The molecule has 0 radical (unpaired) electrons. The van der Waals surface area contributed by atoms with Crippen molar-refractivity contribution in [2.24, 2.45) is 5.41 Å². The Morgan fingerprint density at radius 3 is 2.52 bits per heavy atom. The van der Waals surface area contributed by atoms with Crippen LogP contribution in [0.4, 0.5) is 17.3 Å². The van der Waals surface area contributed by atoms with Gasteiger partial charge >= 0.3 is 0 Å². The summed E-state index contributed by atoms with van der Waals surface area (Å²) in [6.45, 7) is 12.0. The Morgan fingerprint density at radius 2 is 1.86 bits per heavy atom. The summed E-state index contributed by atoms with van der Waals surface area (Å²) in [4.78, 5) is 30.0. The van der Waals surface area contributed by atoms with Gasteiger partial charge in [-0.2, -0.15) is 4.98 Å². The number of pyridine rings is 1. The van der Waals surface area contributed by atoms with Crippen molar-refractivity contribution in [2.45, 2.75) is 70.8 Å². The molecule has 7 rings (SSSR count). The number of nitrogens with one attached hydrogen (secondary N) is 1. The van der Waals surface area contributed by atoms with E-state index >= 15 is 0 Å². The number of benzene rings is 1. The minimum atomic E-state index is -0.962. The summed E-state index contributed by atoms with van der Waals surface area (Å²) >= 11 is 0. The normalized spacial score (nSPS) is 24.2. The highest BCUT2D eigenvalue weighted by Gasteiger charge is 2.63. The van der Waals surface area contributed by atoms with Crippen molar-refractivity contribution < 1.29 is 9.84 Å². The molecule has 42 heavy (non-hydrogen) atoms. The lowest BCUT2D eigenvalue weighted by atomic mass is 9.84. The fourth-order valence-electron chi connectivity index (χ4n) is 7.02. The van der Waals surface area contributed by atoms with Crippen LogP contribution in [0, 0.1) is 5.41 Å². The van der Waals surface area contributed by atoms with Crippen molar-refractivity contribution in [2.75, 3.05) is 23.3 Å². The van der Waals surface area contributed by atoms with Crippen molar-refractivity contribution in [1.82, 2.24) is 24.3 Å². The molecular formula is C32H37N7O3. The van der Waals surface area contributed by atoms with E-state index in [4.69, 9.17) is 14.7 Å². The Morgan fingerprint density at radius 1 is 1.12 bits per heavy atom. The van der Waals surface area contributed by atoms with Crippen LogP contribution < -0.4 is 15.8 Å². The number of allylic oxidation sites excluding steroid dienone is 1. The Kier molecular flexibility index (Phi) is 6.25. The molecule has 1 spiro atoms. The van der Waals surface area contributed by atoms with Gasteiger partial charge in [-0.15, -0.1) is 6.58 Å². The topological polar surface area (TPSA) is 110 Å². The van der Waals surface area contributed by atoms with Crippen LogP contribution in [0.2, 0.25) is 0 Å². The minimum Gasteiger partial charge on any atom is -0.383 e. The van der Waals surface area contributed by atoms with Crippen molar-refractivity contribution >= 4 is 28.4 Å². The van der Waals surface area contributed by atoms with Crippen molar-refractivity contribution in [3.05, 3.63) is 76.9 Å². The summed E-state index contributed by atoms with van der Waals surface area (Å²) in [6.07, 6.45) is 7.05. The van der Waals surface area contributed by atoms with E-state index in [1.54, 1.807) is 21.6 Å². The Balaban J connectivity index is 1.24. The van der Waals surface area contributed by atoms with Crippen molar-refractivity contribution in [3.8, 4) is 5.82 Å². The number of hydrogen-bond donors (Lipinski definition) is 2. The molecule has 1 aromatic carbocycles. The summed E-state index contributed by atoms with van der Waals surface area (Å²) in [7, 11) is 0. The summed E-state index contributed by atoms with van der Waals surface area (Å²) in [5, 5.41) is 15.4. The number of fused-ring (bicyclic) bond motifs is 2.